The molecule has 1 aromatic heterocycles. The number of carbonyl (C=O) groups is 1. The molecule has 3 aromatic rings. The molecule has 34 heavy (non-hydrogen) atoms. The Kier molecular flexibility index (Phi) is 5.96. The largest absolute Gasteiger partial charge is 0.318 e. The Hall–Kier alpha value is -3.45. The van der Waals surface area contributed by atoms with Gasteiger partial charge in [0.05, 0.1) is 5.57 Å². The van der Waals surface area contributed by atoms with Crippen molar-refractivity contribution in [3.63, 3.8) is 0 Å². The van der Waals surface area contributed by atoms with Crippen molar-refractivity contribution in [2.24, 2.45) is 10.1 Å². The molecule has 0 saturated heterocycles. The van der Waals surface area contributed by atoms with E-state index in [0.29, 0.717) is 5.17 Å². The number of amidine groups is 2. The summed E-state index contributed by atoms with van der Waals surface area (Å²) in [6, 6.07) is 16.8. The predicted molar refractivity (Wildman–Crippen MR) is 142 cm³/mol. The van der Waals surface area contributed by atoms with Crippen LogP contribution in [0.4, 0.5) is 0 Å². The average Bonchev–Trinajstić information content (AvgIpc) is 3.36. The second kappa shape index (κ2) is 9.06. The van der Waals surface area contributed by atoms with Crippen molar-refractivity contribution in [2.45, 2.75) is 46.5 Å². The number of fused-ring (bicyclic) bond motifs is 2. The van der Waals surface area contributed by atoms with Crippen LogP contribution in [0.5, 0.6) is 0 Å². The van der Waals surface area contributed by atoms with Crippen LogP contribution in [0.1, 0.15) is 49.6 Å². The molecule has 0 aliphatic carbocycles. The lowest BCUT2D eigenvalue weighted by atomic mass is 10.1. The van der Waals surface area contributed by atoms with E-state index in [2.05, 4.69) is 64.9 Å². The van der Waals surface area contributed by atoms with Crippen LogP contribution in [0, 0.1) is 19.3 Å². The summed E-state index contributed by atoms with van der Waals surface area (Å²) in [5.74, 6) is -0.298. The van der Waals surface area contributed by atoms with E-state index >= 15 is 0 Å². The van der Waals surface area contributed by atoms with Gasteiger partial charge in [-0.3, -0.25) is 10.2 Å². The number of benzene rings is 2. The quantitative estimate of drug-likeness (QED) is 0.333. The number of rotatable bonds is 6. The van der Waals surface area contributed by atoms with Crippen molar-refractivity contribution in [2.75, 3.05) is 0 Å². The fourth-order valence-electron chi connectivity index (χ4n) is 4.46. The first-order valence-electron chi connectivity index (χ1n) is 11.6. The molecule has 0 bridgehead atoms. The lowest BCUT2D eigenvalue weighted by Crippen LogP contribution is -2.35. The van der Waals surface area contributed by atoms with E-state index in [1.165, 1.54) is 27.5 Å². The number of hydrogen-bond donors (Lipinski definition) is 1. The topological polar surface area (TPSA) is 73.8 Å². The Morgan fingerprint density at radius 2 is 1.85 bits per heavy atom. The maximum Gasteiger partial charge on any atom is 0.283 e. The van der Waals surface area contributed by atoms with Crippen LogP contribution in [-0.4, -0.2) is 31.5 Å². The summed E-state index contributed by atoms with van der Waals surface area (Å²) < 4.78 is 2.18. The molecule has 5 rings (SSSR count). The Morgan fingerprint density at radius 1 is 1.06 bits per heavy atom. The van der Waals surface area contributed by atoms with Crippen LogP contribution < -0.4 is 0 Å². The monoisotopic (exact) mass is 469 g/mol. The molecule has 0 spiro atoms. The summed E-state index contributed by atoms with van der Waals surface area (Å²) in [7, 11) is 0. The second-order valence-corrected chi connectivity index (χ2v) is 9.70. The van der Waals surface area contributed by atoms with E-state index in [1.54, 1.807) is 6.08 Å². The lowest BCUT2D eigenvalue weighted by Gasteiger charge is -2.20. The predicted octanol–water partition coefficient (Wildman–Crippen LogP) is 6.45. The van der Waals surface area contributed by atoms with Gasteiger partial charge in [-0.2, -0.15) is 15.1 Å². The molecule has 6 nitrogen and oxygen atoms in total. The molecule has 2 aliphatic heterocycles. The molecule has 0 fully saturated rings. The standard InChI is InChI=1S/C27H27N5OS/c1-4-5-6-11-24-30-32-25(28)23(26(33)29-27(32)34-24)16-21-14-17(2)31(18(21)3)22-13-12-19-9-7-8-10-20(19)15-22/h7-10,12-16,28H,4-6,11H2,1-3H3/b23-16-,28-25?. The molecule has 1 amide bonds. The van der Waals surface area contributed by atoms with Gasteiger partial charge in [-0.05, 0) is 79.1 Å². The summed E-state index contributed by atoms with van der Waals surface area (Å²) >= 11 is 1.40. The highest BCUT2D eigenvalue weighted by molar-refractivity contribution is 8.26. The zero-order chi connectivity index (χ0) is 23.8. The number of nitrogens with one attached hydrogen (secondary N) is 1. The van der Waals surface area contributed by atoms with Gasteiger partial charge in [0, 0.05) is 17.1 Å². The second-order valence-electron chi connectivity index (χ2n) is 8.66. The number of hydrazone groups is 1. The highest BCUT2D eigenvalue weighted by Crippen LogP contribution is 2.31. The molecule has 3 heterocycles. The van der Waals surface area contributed by atoms with E-state index in [9.17, 15) is 4.79 Å². The molecule has 0 radical (unpaired) electrons. The molecule has 7 heteroatoms. The van der Waals surface area contributed by atoms with Crippen LogP contribution >= 0.6 is 11.8 Å². The van der Waals surface area contributed by atoms with E-state index in [1.807, 2.05) is 19.1 Å². The third-order valence-electron chi connectivity index (χ3n) is 6.25. The number of thioether (sulfide) groups is 1. The lowest BCUT2D eigenvalue weighted by molar-refractivity contribution is -0.114. The number of unbranched alkanes of at least 4 members (excludes halogenated alkanes) is 2. The van der Waals surface area contributed by atoms with Gasteiger partial charge >= 0.3 is 0 Å². The molecular weight excluding hydrogens is 442 g/mol. The Labute approximate surface area is 203 Å². The molecule has 0 atom stereocenters. The summed E-state index contributed by atoms with van der Waals surface area (Å²) in [4.78, 5) is 17.1. The first kappa shape index (κ1) is 22.3. The van der Waals surface area contributed by atoms with Gasteiger partial charge in [-0.1, -0.05) is 50.1 Å². The van der Waals surface area contributed by atoms with Crippen LogP contribution in [0.2, 0.25) is 0 Å². The van der Waals surface area contributed by atoms with Crippen molar-refractivity contribution in [3.05, 3.63) is 71.1 Å². The van der Waals surface area contributed by atoms with Gasteiger partial charge in [-0.25, -0.2) is 0 Å². The van der Waals surface area contributed by atoms with Crippen LogP contribution in [0.15, 0.2) is 64.2 Å². The first-order valence-corrected chi connectivity index (χ1v) is 12.4. The van der Waals surface area contributed by atoms with Gasteiger partial charge < -0.3 is 4.57 Å². The van der Waals surface area contributed by atoms with Crippen molar-refractivity contribution >= 4 is 50.6 Å². The van der Waals surface area contributed by atoms with Gasteiger partial charge in [0.1, 0.15) is 5.04 Å². The highest BCUT2D eigenvalue weighted by Gasteiger charge is 2.35. The van der Waals surface area contributed by atoms with E-state index in [-0.39, 0.29) is 17.3 Å². The van der Waals surface area contributed by atoms with Crippen LogP contribution in [0.3, 0.4) is 0 Å². The minimum absolute atomic E-state index is 0.0866. The summed E-state index contributed by atoms with van der Waals surface area (Å²) in [5, 5.41) is 18.5. The Bertz CT molecular complexity index is 1410. The summed E-state index contributed by atoms with van der Waals surface area (Å²) in [6.07, 6.45) is 5.96. The van der Waals surface area contributed by atoms with Gasteiger partial charge in [0.2, 0.25) is 5.17 Å². The number of hydrogen-bond acceptors (Lipinski definition) is 4. The van der Waals surface area contributed by atoms with Crippen molar-refractivity contribution < 1.29 is 4.79 Å². The number of carbonyl (C=O) groups excluding carboxylic acids is 1. The number of aliphatic imine (C=N–C) groups is 1. The third-order valence-corrected chi connectivity index (χ3v) is 7.22. The third kappa shape index (κ3) is 4.01. The SMILES string of the molecule is CCCCCC1=NN2C(=N)/C(=C/c3cc(C)n(-c4ccc5ccccc5c4)c3C)C(=O)N=C2S1. The van der Waals surface area contributed by atoms with E-state index in [0.717, 1.165) is 53.4 Å². The Balaban J connectivity index is 1.47. The number of nitrogens with zero attached hydrogens (tertiary/aromatic N) is 4. The summed E-state index contributed by atoms with van der Waals surface area (Å²) in [6.45, 7) is 6.26. The van der Waals surface area contributed by atoms with Crippen molar-refractivity contribution in [3.8, 4) is 5.69 Å². The Morgan fingerprint density at radius 3 is 2.65 bits per heavy atom. The molecule has 2 aliphatic rings. The molecular formula is C27H27N5OS. The van der Waals surface area contributed by atoms with E-state index < -0.39 is 0 Å². The van der Waals surface area contributed by atoms with Crippen LogP contribution in [0.25, 0.3) is 22.5 Å². The summed E-state index contributed by atoms with van der Waals surface area (Å²) in [5.41, 5.74) is 4.31. The smallest absolute Gasteiger partial charge is 0.283 e. The fourth-order valence-corrected chi connectivity index (χ4v) is 5.39. The van der Waals surface area contributed by atoms with Gasteiger partial charge in [-0.15, -0.1) is 0 Å². The highest BCUT2D eigenvalue weighted by atomic mass is 32.2. The normalized spacial score (nSPS) is 16.9. The number of amides is 1. The molecule has 0 unspecified atom stereocenters. The zero-order valence-corrected chi connectivity index (χ0v) is 20.4. The van der Waals surface area contributed by atoms with Crippen molar-refractivity contribution in [1.82, 2.24) is 9.58 Å². The average molecular weight is 470 g/mol. The minimum Gasteiger partial charge on any atom is -0.318 e. The maximum atomic E-state index is 12.8. The number of aryl methyl sites for hydroxylation is 1. The molecule has 172 valence electrons. The first-order chi connectivity index (χ1) is 16.5. The fraction of sp³-hybridized carbons (Fsp3) is 0.259. The molecule has 0 saturated carbocycles. The van der Waals surface area contributed by atoms with Crippen LogP contribution in [-0.2, 0) is 4.79 Å². The zero-order valence-electron chi connectivity index (χ0n) is 19.6. The molecule has 2 aromatic carbocycles. The number of aromatic nitrogens is 1. The maximum absolute atomic E-state index is 12.8. The van der Waals surface area contributed by atoms with Gasteiger partial charge in [0.15, 0.2) is 5.84 Å². The van der Waals surface area contributed by atoms with Gasteiger partial charge in [0.25, 0.3) is 5.91 Å². The van der Waals surface area contributed by atoms with Crippen molar-refractivity contribution in [1.29, 1.82) is 5.41 Å². The minimum atomic E-state index is -0.385. The molecule has 1 N–H and O–H groups in total. The van der Waals surface area contributed by atoms with E-state index in [4.69, 9.17) is 5.41 Å².